The number of hydrogen-bond acceptors (Lipinski definition) is 7. The lowest BCUT2D eigenvalue weighted by Crippen LogP contribution is -2.50. The smallest absolute Gasteiger partial charge is 0.292 e. The number of carbonyl (C=O) groups is 2. The molecule has 2 aliphatic rings. The molecule has 0 radical (unpaired) electrons. The Hall–Kier alpha value is -3.07. The van der Waals surface area contributed by atoms with Crippen molar-refractivity contribution in [3.8, 4) is 11.5 Å². The van der Waals surface area contributed by atoms with Crippen molar-refractivity contribution in [2.24, 2.45) is 0 Å². The maximum absolute atomic E-state index is 12.4. The van der Waals surface area contributed by atoms with Gasteiger partial charge in [-0.3, -0.25) is 14.5 Å². The van der Waals surface area contributed by atoms with Gasteiger partial charge in [-0.25, -0.2) is 0 Å². The topological polar surface area (TPSA) is 97.1 Å². The van der Waals surface area contributed by atoms with Gasteiger partial charge in [-0.15, -0.1) is 0 Å². The third kappa shape index (κ3) is 4.68. The number of amides is 2. The number of aryl methyl sites for hydroxylation is 1. The summed E-state index contributed by atoms with van der Waals surface area (Å²) in [4.78, 5) is 28.6. The molecule has 2 amide bonds. The lowest BCUT2D eigenvalue weighted by molar-refractivity contribution is -0.117. The summed E-state index contributed by atoms with van der Waals surface area (Å²) in [7, 11) is 0. The van der Waals surface area contributed by atoms with E-state index in [0.717, 1.165) is 6.42 Å². The zero-order valence-electron chi connectivity index (χ0n) is 16.3. The Labute approximate surface area is 168 Å². The minimum atomic E-state index is -0.165. The van der Waals surface area contributed by atoms with E-state index in [1.807, 2.05) is 11.0 Å². The normalized spacial score (nSPS) is 16.9. The fourth-order valence-corrected chi connectivity index (χ4v) is 3.37. The fraction of sp³-hybridized carbons (Fsp3) is 0.450. The zero-order chi connectivity index (χ0) is 20.2. The highest BCUT2D eigenvalue weighted by Gasteiger charge is 2.25. The van der Waals surface area contributed by atoms with Gasteiger partial charge < -0.3 is 24.2 Å². The van der Waals surface area contributed by atoms with Gasteiger partial charge in [0.25, 0.3) is 5.91 Å². The summed E-state index contributed by atoms with van der Waals surface area (Å²) in [6, 6.07) is 7.04. The van der Waals surface area contributed by atoms with Crippen molar-refractivity contribution < 1.29 is 23.6 Å². The maximum atomic E-state index is 12.4. The number of piperazine rings is 1. The molecule has 0 unspecified atom stereocenters. The van der Waals surface area contributed by atoms with Crippen molar-refractivity contribution >= 4 is 17.5 Å². The van der Waals surface area contributed by atoms with E-state index in [9.17, 15) is 9.59 Å². The number of rotatable bonds is 4. The highest BCUT2D eigenvalue weighted by atomic mass is 16.5. The van der Waals surface area contributed by atoms with Crippen molar-refractivity contribution in [3.63, 3.8) is 0 Å². The van der Waals surface area contributed by atoms with Crippen molar-refractivity contribution in [2.75, 3.05) is 51.3 Å². The van der Waals surface area contributed by atoms with Crippen LogP contribution < -0.4 is 14.8 Å². The van der Waals surface area contributed by atoms with E-state index in [0.29, 0.717) is 62.3 Å². The lowest BCUT2D eigenvalue weighted by Gasteiger charge is -2.33. The van der Waals surface area contributed by atoms with Crippen molar-refractivity contribution in [3.05, 3.63) is 35.7 Å². The molecule has 1 fully saturated rings. The molecule has 0 saturated carbocycles. The first-order chi connectivity index (χ1) is 14.1. The summed E-state index contributed by atoms with van der Waals surface area (Å²) >= 11 is 0. The molecule has 1 aromatic carbocycles. The van der Waals surface area contributed by atoms with Gasteiger partial charge in [0.1, 0.15) is 0 Å². The highest BCUT2D eigenvalue weighted by molar-refractivity contribution is 5.93. The number of nitrogens with zero attached hydrogens (tertiary/aromatic N) is 3. The molecule has 0 aliphatic carbocycles. The second-order valence-corrected chi connectivity index (χ2v) is 7.16. The van der Waals surface area contributed by atoms with E-state index in [4.69, 9.17) is 14.0 Å². The van der Waals surface area contributed by atoms with Crippen LogP contribution in [0.15, 0.2) is 28.8 Å². The highest BCUT2D eigenvalue weighted by Crippen LogP contribution is 2.32. The first-order valence-electron chi connectivity index (χ1n) is 9.73. The Morgan fingerprint density at radius 2 is 1.83 bits per heavy atom. The average Bonchev–Trinajstić information content (AvgIpc) is 3.01. The van der Waals surface area contributed by atoms with Crippen LogP contribution >= 0.6 is 0 Å². The van der Waals surface area contributed by atoms with Crippen molar-refractivity contribution in [2.45, 2.75) is 13.3 Å². The van der Waals surface area contributed by atoms with Crippen molar-refractivity contribution in [1.29, 1.82) is 0 Å². The Morgan fingerprint density at radius 3 is 2.55 bits per heavy atom. The van der Waals surface area contributed by atoms with Gasteiger partial charge in [-0.2, -0.15) is 0 Å². The van der Waals surface area contributed by atoms with Gasteiger partial charge in [0.2, 0.25) is 11.7 Å². The number of nitrogens with one attached hydrogen (secondary N) is 1. The summed E-state index contributed by atoms with van der Waals surface area (Å²) in [5, 5.41) is 6.66. The van der Waals surface area contributed by atoms with E-state index in [1.54, 1.807) is 30.0 Å². The summed E-state index contributed by atoms with van der Waals surface area (Å²) in [5.41, 5.74) is 1.35. The number of carbonyl (C=O) groups excluding carboxylic acids is 2. The van der Waals surface area contributed by atoms with E-state index < -0.39 is 0 Å². The van der Waals surface area contributed by atoms with Gasteiger partial charge >= 0.3 is 0 Å². The summed E-state index contributed by atoms with van der Waals surface area (Å²) in [6.45, 7) is 5.58. The van der Waals surface area contributed by atoms with Gasteiger partial charge in [0.15, 0.2) is 11.5 Å². The van der Waals surface area contributed by atoms with Gasteiger partial charge in [-0.1, -0.05) is 5.16 Å². The van der Waals surface area contributed by atoms with E-state index >= 15 is 0 Å². The predicted molar refractivity (Wildman–Crippen MR) is 104 cm³/mol. The molecule has 29 heavy (non-hydrogen) atoms. The van der Waals surface area contributed by atoms with Gasteiger partial charge in [-0.05, 0) is 19.1 Å². The summed E-state index contributed by atoms with van der Waals surface area (Å²) in [6.07, 6.45) is 0.834. The maximum Gasteiger partial charge on any atom is 0.292 e. The molecule has 4 rings (SSSR count). The molecule has 3 heterocycles. The monoisotopic (exact) mass is 400 g/mol. The minimum absolute atomic E-state index is 0.106. The molecule has 0 bridgehead atoms. The zero-order valence-corrected chi connectivity index (χ0v) is 16.3. The Morgan fingerprint density at radius 1 is 1.07 bits per heavy atom. The largest absolute Gasteiger partial charge is 0.490 e. The Balaban J connectivity index is 1.27. The Kier molecular flexibility index (Phi) is 5.66. The van der Waals surface area contributed by atoms with Crippen molar-refractivity contribution in [1.82, 2.24) is 15.0 Å². The Bertz CT molecular complexity index is 889. The van der Waals surface area contributed by atoms with Crippen LogP contribution in [0.2, 0.25) is 0 Å². The first-order valence-corrected chi connectivity index (χ1v) is 9.73. The number of aromatic nitrogens is 1. The van der Waals surface area contributed by atoms with Gasteiger partial charge in [0, 0.05) is 50.4 Å². The number of anilines is 1. The van der Waals surface area contributed by atoms with Crippen LogP contribution in [-0.4, -0.2) is 72.7 Å². The number of hydrogen-bond donors (Lipinski definition) is 1. The molecule has 0 atom stereocenters. The summed E-state index contributed by atoms with van der Waals surface area (Å²) in [5.74, 6) is 1.33. The lowest BCUT2D eigenvalue weighted by atomic mass is 10.2. The molecular formula is C20H24N4O5. The third-order valence-corrected chi connectivity index (χ3v) is 4.90. The SMILES string of the molecule is Cc1cc(C(=O)N2CCN(CC(=O)Nc3ccc4c(c3)OCCCO4)CC2)on1. The second kappa shape index (κ2) is 8.52. The number of fused-ring (bicyclic) bond motifs is 1. The minimum Gasteiger partial charge on any atom is -0.490 e. The quantitative estimate of drug-likeness (QED) is 0.831. The van der Waals surface area contributed by atoms with Crippen LogP contribution in [-0.2, 0) is 4.79 Å². The molecule has 1 N–H and O–H groups in total. The fourth-order valence-electron chi connectivity index (χ4n) is 3.37. The predicted octanol–water partition coefficient (Wildman–Crippen LogP) is 1.54. The van der Waals surface area contributed by atoms with E-state index in [-0.39, 0.29) is 24.1 Å². The van der Waals surface area contributed by atoms with Crippen LogP contribution in [0, 0.1) is 6.92 Å². The van der Waals surface area contributed by atoms with Crippen LogP contribution in [0.5, 0.6) is 11.5 Å². The number of ether oxygens (including phenoxy) is 2. The molecule has 2 aromatic rings. The molecule has 1 saturated heterocycles. The molecule has 154 valence electrons. The molecule has 1 aromatic heterocycles. The standard InChI is InChI=1S/C20H24N4O5/c1-14-11-18(29-22-14)20(26)24-7-5-23(6-8-24)13-19(25)21-15-3-4-16-17(12-15)28-10-2-9-27-16/h3-4,11-12H,2,5-10,13H2,1H3,(H,21,25). The second-order valence-electron chi connectivity index (χ2n) is 7.16. The molecular weight excluding hydrogens is 376 g/mol. The van der Waals surface area contributed by atoms with Crippen LogP contribution in [0.1, 0.15) is 22.7 Å². The van der Waals surface area contributed by atoms with E-state index in [1.165, 1.54) is 0 Å². The van der Waals surface area contributed by atoms with E-state index in [2.05, 4.69) is 10.5 Å². The summed E-state index contributed by atoms with van der Waals surface area (Å²) < 4.78 is 16.3. The van der Waals surface area contributed by atoms with Crippen LogP contribution in [0.3, 0.4) is 0 Å². The van der Waals surface area contributed by atoms with Crippen LogP contribution in [0.25, 0.3) is 0 Å². The van der Waals surface area contributed by atoms with Crippen LogP contribution in [0.4, 0.5) is 5.69 Å². The molecule has 0 spiro atoms. The molecule has 9 nitrogen and oxygen atoms in total. The molecule has 9 heteroatoms. The van der Waals surface area contributed by atoms with Gasteiger partial charge in [0.05, 0.1) is 25.5 Å². The third-order valence-electron chi connectivity index (χ3n) is 4.90. The number of benzene rings is 1. The first kappa shape index (κ1) is 19.3. The molecule has 2 aliphatic heterocycles. The average molecular weight is 400 g/mol.